The molecule has 6 heteroatoms. The summed E-state index contributed by atoms with van der Waals surface area (Å²) in [5.74, 6) is -4.11. The van der Waals surface area contributed by atoms with Gasteiger partial charge in [-0.1, -0.05) is 69.6 Å². The third-order valence-corrected chi connectivity index (χ3v) is 6.62. The predicted octanol–water partition coefficient (Wildman–Crippen LogP) is 6.27. The number of carbonyl (C=O) groups is 1. The molecule has 1 fully saturated rings. The lowest BCUT2D eigenvalue weighted by molar-refractivity contribution is -0.150. The second-order valence-electron chi connectivity index (χ2n) is 8.53. The molecule has 1 unspecified atom stereocenters. The Bertz CT molecular complexity index is 963. The van der Waals surface area contributed by atoms with Gasteiger partial charge in [-0.05, 0) is 29.0 Å². The quantitative estimate of drug-likeness (QED) is 0.538. The zero-order valence-corrected chi connectivity index (χ0v) is 17.4. The minimum Gasteiger partial charge on any atom is -0.442 e. The number of esters is 1. The summed E-state index contributed by atoms with van der Waals surface area (Å²) in [6.45, 7) is 7.86. The van der Waals surface area contributed by atoms with Gasteiger partial charge in [-0.3, -0.25) is 4.79 Å². The van der Waals surface area contributed by atoms with E-state index in [1.54, 1.807) is 0 Å². The highest BCUT2D eigenvalue weighted by atomic mass is 35.5. The largest absolute Gasteiger partial charge is 0.442 e. The van der Waals surface area contributed by atoms with Crippen molar-refractivity contribution < 1.29 is 18.3 Å². The van der Waals surface area contributed by atoms with Crippen LogP contribution in [0.2, 0.25) is 5.02 Å². The van der Waals surface area contributed by atoms with Gasteiger partial charge < -0.3 is 4.74 Å². The van der Waals surface area contributed by atoms with Crippen LogP contribution in [0.3, 0.4) is 0 Å². The molecule has 2 aromatic rings. The van der Waals surface area contributed by atoms with Gasteiger partial charge in [-0.25, -0.2) is 0 Å². The molecule has 0 radical (unpaired) electrons. The molecule has 0 aliphatic heterocycles. The summed E-state index contributed by atoms with van der Waals surface area (Å²) < 4.78 is 35.3. The maximum absolute atomic E-state index is 14.9. The number of hydrogen-bond donors (Lipinski definition) is 0. The number of rotatable bonds is 5. The lowest BCUT2D eigenvalue weighted by Crippen LogP contribution is -2.18. The van der Waals surface area contributed by atoms with E-state index in [1.807, 2.05) is 33.8 Å². The Morgan fingerprint density at radius 1 is 1.10 bits per heavy atom. The van der Waals surface area contributed by atoms with E-state index in [9.17, 15) is 18.8 Å². The summed E-state index contributed by atoms with van der Waals surface area (Å²) in [7, 11) is 0. The monoisotopic (exact) mass is 417 g/mol. The minimum atomic E-state index is -3.29. The zero-order chi connectivity index (χ0) is 21.6. The first-order valence-electron chi connectivity index (χ1n) is 9.27. The topological polar surface area (TPSA) is 50.1 Å². The number of nitrogens with zero attached hydrogens (tertiary/aromatic N) is 1. The first-order valence-corrected chi connectivity index (χ1v) is 9.65. The van der Waals surface area contributed by atoms with Crippen molar-refractivity contribution in [3.63, 3.8) is 0 Å². The van der Waals surface area contributed by atoms with E-state index >= 15 is 0 Å². The molecule has 1 saturated carbocycles. The summed E-state index contributed by atoms with van der Waals surface area (Å²) in [6.07, 6.45) is -1.25. The van der Waals surface area contributed by atoms with Gasteiger partial charge in [0.25, 0.3) is 5.92 Å². The molecule has 3 rings (SSSR count). The predicted molar refractivity (Wildman–Crippen MR) is 106 cm³/mol. The molecule has 152 valence electrons. The fraction of sp³-hybridized carbons (Fsp3) is 0.391. The molecule has 29 heavy (non-hydrogen) atoms. The van der Waals surface area contributed by atoms with Crippen molar-refractivity contribution in [2.75, 3.05) is 0 Å². The molecule has 1 atom stereocenters. The van der Waals surface area contributed by atoms with Crippen LogP contribution in [-0.2, 0) is 15.5 Å². The molecule has 0 amide bonds. The van der Waals surface area contributed by atoms with Crippen LogP contribution in [0.5, 0.6) is 0 Å². The van der Waals surface area contributed by atoms with Crippen molar-refractivity contribution in [1.82, 2.24) is 0 Å². The van der Waals surface area contributed by atoms with E-state index in [0.717, 1.165) is 0 Å². The van der Waals surface area contributed by atoms with Crippen molar-refractivity contribution in [2.24, 2.45) is 16.7 Å². The maximum Gasteiger partial charge on any atom is 0.311 e. The molecule has 1 aliphatic carbocycles. The standard InChI is InChI=1S/C23H22ClF2NO2/c1-21(2)19(22(21,3)4)20(28)29-18(13-27)14-6-5-7-16(12-14)23(25,26)15-8-10-17(24)11-9-15/h5-12,18-19H,1-4H3. The third-order valence-electron chi connectivity index (χ3n) is 6.37. The Labute approximate surface area is 174 Å². The van der Waals surface area contributed by atoms with Crippen LogP contribution in [0.25, 0.3) is 0 Å². The molecule has 0 bridgehead atoms. The Hall–Kier alpha value is -2.45. The van der Waals surface area contributed by atoms with Gasteiger partial charge in [0.2, 0.25) is 6.10 Å². The third kappa shape index (κ3) is 3.62. The van der Waals surface area contributed by atoms with Gasteiger partial charge in [0, 0.05) is 21.7 Å². The van der Waals surface area contributed by atoms with Gasteiger partial charge >= 0.3 is 5.97 Å². The first kappa shape index (κ1) is 21.3. The number of hydrogen-bond acceptors (Lipinski definition) is 3. The highest BCUT2D eigenvalue weighted by Gasteiger charge is 2.69. The number of ether oxygens (including phenoxy) is 1. The SMILES string of the molecule is CC1(C)C(C(=O)OC(C#N)c2cccc(C(F)(F)c3ccc(Cl)cc3)c2)C1(C)C. The fourth-order valence-electron chi connectivity index (χ4n) is 3.86. The Morgan fingerprint density at radius 3 is 2.21 bits per heavy atom. The average molecular weight is 418 g/mol. The number of halogens is 3. The van der Waals surface area contributed by atoms with Crippen molar-refractivity contribution in [3.8, 4) is 6.07 Å². The summed E-state index contributed by atoms with van der Waals surface area (Å²) in [6, 6.07) is 12.6. The second kappa shape index (κ2) is 7.11. The van der Waals surface area contributed by atoms with Crippen LogP contribution in [0.1, 0.15) is 50.5 Å². The van der Waals surface area contributed by atoms with Crippen molar-refractivity contribution in [3.05, 3.63) is 70.2 Å². The molecule has 3 nitrogen and oxygen atoms in total. The van der Waals surface area contributed by atoms with Crippen LogP contribution in [-0.4, -0.2) is 5.97 Å². The average Bonchev–Trinajstić information content (AvgIpc) is 3.08. The molecule has 0 heterocycles. The van der Waals surface area contributed by atoms with E-state index in [1.165, 1.54) is 48.5 Å². The normalized spacial score (nSPS) is 18.6. The van der Waals surface area contributed by atoms with Crippen LogP contribution in [0, 0.1) is 28.1 Å². The summed E-state index contributed by atoms with van der Waals surface area (Å²) in [4.78, 5) is 12.6. The summed E-state index contributed by atoms with van der Waals surface area (Å²) in [5.41, 5.74) is -0.781. The number of benzene rings is 2. The van der Waals surface area contributed by atoms with Gasteiger partial charge in [-0.2, -0.15) is 14.0 Å². The lowest BCUT2D eigenvalue weighted by Gasteiger charge is -2.19. The van der Waals surface area contributed by atoms with E-state index < -0.39 is 18.0 Å². The zero-order valence-electron chi connectivity index (χ0n) is 16.7. The van der Waals surface area contributed by atoms with Crippen LogP contribution >= 0.6 is 11.6 Å². The van der Waals surface area contributed by atoms with E-state index in [-0.39, 0.29) is 33.4 Å². The van der Waals surface area contributed by atoms with E-state index in [4.69, 9.17) is 16.3 Å². The van der Waals surface area contributed by atoms with E-state index in [0.29, 0.717) is 5.02 Å². The van der Waals surface area contributed by atoms with Gasteiger partial charge in [-0.15, -0.1) is 0 Å². The van der Waals surface area contributed by atoms with Gasteiger partial charge in [0.15, 0.2) is 0 Å². The molecule has 0 aromatic heterocycles. The minimum absolute atomic E-state index is 0.211. The molecule has 2 aromatic carbocycles. The number of nitriles is 1. The second-order valence-corrected chi connectivity index (χ2v) is 8.97. The van der Waals surface area contributed by atoms with Crippen molar-refractivity contribution in [2.45, 2.75) is 39.7 Å². The Kier molecular flexibility index (Phi) is 5.21. The fourth-order valence-corrected chi connectivity index (χ4v) is 3.99. The summed E-state index contributed by atoms with van der Waals surface area (Å²) in [5, 5.41) is 9.86. The molecule has 0 spiro atoms. The van der Waals surface area contributed by atoms with Gasteiger partial charge in [0.1, 0.15) is 6.07 Å². The maximum atomic E-state index is 14.9. The lowest BCUT2D eigenvalue weighted by atomic mass is 9.97. The van der Waals surface area contributed by atoms with Crippen molar-refractivity contribution in [1.29, 1.82) is 5.26 Å². The van der Waals surface area contributed by atoms with E-state index in [2.05, 4.69) is 0 Å². The Balaban J connectivity index is 1.85. The van der Waals surface area contributed by atoms with Crippen LogP contribution in [0.4, 0.5) is 8.78 Å². The molecule has 1 aliphatic rings. The van der Waals surface area contributed by atoms with Crippen LogP contribution in [0.15, 0.2) is 48.5 Å². The molecular weight excluding hydrogens is 396 g/mol. The molecule has 0 saturated heterocycles. The van der Waals surface area contributed by atoms with Gasteiger partial charge in [0.05, 0.1) is 5.92 Å². The van der Waals surface area contributed by atoms with Crippen LogP contribution < -0.4 is 0 Å². The number of alkyl halides is 2. The number of carbonyl (C=O) groups excluding carboxylic acids is 1. The molecular formula is C23H22ClF2NO2. The first-order chi connectivity index (χ1) is 13.4. The Morgan fingerprint density at radius 2 is 1.69 bits per heavy atom. The van der Waals surface area contributed by atoms with Crippen molar-refractivity contribution >= 4 is 17.6 Å². The summed E-state index contributed by atoms with van der Waals surface area (Å²) >= 11 is 5.78. The molecule has 0 N–H and O–H groups in total. The highest BCUT2D eigenvalue weighted by Crippen LogP contribution is 2.68. The smallest absolute Gasteiger partial charge is 0.311 e. The highest BCUT2D eigenvalue weighted by molar-refractivity contribution is 6.30.